The molecule has 1 amide bonds. The van der Waals surface area contributed by atoms with E-state index < -0.39 is 0 Å². The summed E-state index contributed by atoms with van der Waals surface area (Å²) in [5.41, 5.74) is 1.40. The first-order valence-electron chi connectivity index (χ1n) is 14.7. The van der Waals surface area contributed by atoms with Gasteiger partial charge in [0.1, 0.15) is 5.78 Å². The van der Waals surface area contributed by atoms with Crippen LogP contribution in [-0.2, 0) is 14.4 Å². The molecule has 0 bridgehead atoms. The summed E-state index contributed by atoms with van der Waals surface area (Å²) in [7, 11) is 3.41. The number of rotatable bonds is 3. The number of hydroxylamine groups is 2. The number of amides is 1. The maximum atomic E-state index is 13.9. The number of fused-ring (bicyclic) bond motifs is 7. The lowest BCUT2D eigenvalue weighted by atomic mass is 9.32. The van der Waals surface area contributed by atoms with Gasteiger partial charge < -0.3 is 0 Å². The molecule has 0 aromatic heterocycles. The second-order valence-corrected chi connectivity index (χ2v) is 15.0. The number of hydrogen-bond donors (Lipinski definition) is 0. The molecule has 5 aliphatic rings. The topological polar surface area (TPSA) is 46.6 Å². The van der Waals surface area contributed by atoms with Crippen molar-refractivity contribution >= 4 is 11.7 Å². The molecule has 5 rings (SSSR count). The van der Waals surface area contributed by atoms with E-state index in [9.17, 15) is 9.59 Å². The Bertz CT molecular complexity index is 970. The largest absolute Gasteiger partial charge is 0.299 e. The van der Waals surface area contributed by atoms with Crippen molar-refractivity contribution in [2.75, 3.05) is 14.2 Å². The number of ketones is 1. The number of carbonyl (C=O) groups excluding carboxylic acids is 2. The Morgan fingerprint density at radius 3 is 2.25 bits per heavy atom. The van der Waals surface area contributed by atoms with Gasteiger partial charge >= 0.3 is 0 Å². The summed E-state index contributed by atoms with van der Waals surface area (Å²) < 4.78 is 0. The maximum absolute atomic E-state index is 13.9. The number of allylic oxidation sites excluding steroid dienone is 1. The Balaban J connectivity index is 1.57. The van der Waals surface area contributed by atoms with Gasteiger partial charge in [-0.3, -0.25) is 14.4 Å². The van der Waals surface area contributed by atoms with E-state index in [1.165, 1.54) is 29.9 Å². The molecule has 0 saturated heterocycles. The lowest BCUT2D eigenvalue weighted by molar-refractivity contribution is -0.238. The predicted octanol–water partition coefficient (Wildman–Crippen LogP) is 7.23. The zero-order valence-corrected chi connectivity index (χ0v) is 24.3. The minimum Gasteiger partial charge on any atom is -0.299 e. The van der Waals surface area contributed by atoms with Crippen LogP contribution in [0.3, 0.4) is 0 Å². The van der Waals surface area contributed by atoms with Crippen LogP contribution in [-0.4, -0.2) is 30.9 Å². The van der Waals surface area contributed by atoms with Gasteiger partial charge in [0.15, 0.2) is 0 Å². The Morgan fingerprint density at radius 1 is 0.917 bits per heavy atom. The lowest BCUT2D eigenvalue weighted by Crippen LogP contribution is -2.67. The molecule has 9 atom stereocenters. The minimum absolute atomic E-state index is 0.191. The molecule has 4 heteroatoms. The normalized spacial score (nSPS) is 49.3. The van der Waals surface area contributed by atoms with Gasteiger partial charge in [-0.05, 0) is 111 Å². The summed E-state index contributed by atoms with van der Waals surface area (Å²) in [6.45, 7) is 18.9. The van der Waals surface area contributed by atoms with Gasteiger partial charge in [-0.15, -0.1) is 0 Å². The predicted molar refractivity (Wildman–Crippen MR) is 144 cm³/mol. The van der Waals surface area contributed by atoms with Crippen molar-refractivity contribution in [3.63, 3.8) is 0 Å². The van der Waals surface area contributed by atoms with E-state index in [0.717, 1.165) is 44.9 Å². The van der Waals surface area contributed by atoms with Crippen LogP contribution in [0.2, 0.25) is 0 Å². The minimum atomic E-state index is -0.317. The lowest BCUT2D eigenvalue weighted by Gasteiger charge is -2.72. The smallest absolute Gasteiger partial charge is 0.252 e. The van der Waals surface area contributed by atoms with Crippen molar-refractivity contribution in [2.24, 2.45) is 56.7 Å². The van der Waals surface area contributed by atoms with E-state index >= 15 is 0 Å². The van der Waals surface area contributed by atoms with E-state index in [1.54, 1.807) is 14.2 Å². The second-order valence-electron chi connectivity index (χ2n) is 15.0. The summed E-state index contributed by atoms with van der Waals surface area (Å²) in [6, 6.07) is 0. The van der Waals surface area contributed by atoms with E-state index in [1.807, 2.05) is 0 Å². The Labute approximate surface area is 219 Å². The van der Waals surface area contributed by atoms with Gasteiger partial charge in [0, 0.05) is 18.9 Å². The quantitative estimate of drug-likeness (QED) is 0.305. The van der Waals surface area contributed by atoms with Crippen LogP contribution >= 0.6 is 0 Å². The monoisotopic (exact) mass is 497 g/mol. The van der Waals surface area contributed by atoms with Crippen LogP contribution in [0.5, 0.6) is 0 Å². The van der Waals surface area contributed by atoms with Crippen molar-refractivity contribution in [3.8, 4) is 0 Å². The molecule has 0 spiro atoms. The third-order valence-corrected chi connectivity index (χ3v) is 13.8. The van der Waals surface area contributed by atoms with Crippen LogP contribution in [0.1, 0.15) is 106 Å². The molecular formula is C32H51NO3. The van der Waals surface area contributed by atoms with Gasteiger partial charge in [-0.25, -0.2) is 5.06 Å². The molecule has 0 radical (unpaired) electrons. The molecular weight excluding hydrogens is 446 g/mol. The molecule has 5 fully saturated rings. The first-order valence-corrected chi connectivity index (χ1v) is 14.7. The highest BCUT2D eigenvalue weighted by Gasteiger charge is 2.72. The first kappa shape index (κ1) is 26.4. The van der Waals surface area contributed by atoms with Crippen LogP contribution in [0.4, 0.5) is 0 Å². The zero-order valence-electron chi connectivity index (χ0n) is 24.3. The molecule has 0 unspecified atom stereocenters. The standard InChI is InChI=1S/C32H51NO3/c1-20(2)21-12-17-32(27(35)33(8)36-9)19-18-30(6)22(26(21)32)10-11-24-29(5)15-14-25(34)28(3,4)23(29)13-16-31(24,30)7/h21-24,26H,1,10-19H2,2-9H3/t21-,22+,23-,24+,26+,29-,30+,31+,32-/m0/s1. The summed E-state index contributed by atoms with van der Waals surface area (Å²) in [4.78, 5) is 32.4. The van der Waals surface area contributed by atoms with E-state index in [-0.39, 0.29) is 33.0 Å². The average Bonchev–Trinajstić information content (AvgIpc) is 3.22. The van der Waals surface area contributed by atoms with Gasteiger partial charge in [0.05, 0.1) is 12.5 Å². The zero-order chi connectivity index (χ0) is 26.5. The number of nitrogens with zero attached hydrogens (tertiary/aromatic N) is 1. The van der Waals surface area contributed by atoms with E-state index in [4.69, 9.17) is 4.84 Å². The summed E-state index contributed by atoms with van der Waals surface area (Å²) in [5.74, 6) is 3.10. The van der Waals surface area contributed by atoms with Gasteiger partial charge in [0.25, 0.3) is 5.91 Å². The Morgan fingerprint density at radius 2 is 1.61 bits per heavy atom. The molecule has 4 nitrogen and oxygen atoms in total. The van der Waals surface area contributed by atoms with Crippen molar-refractivity contribution in [2.45, 2.75) is 106 Å². The van der Waals surface area contributed by atoms with Gasteiger partial charge in [-0.1, -0.05) is 46.8 Å². The summed E-state index contributed by atoms with van der Waals surface area (Å²) in [5, 5.41) is 1.51. The number of Topliss-reactive ketones (excluding diaryl/α,β-unsaturated/α-hetero) is 1. The fourth-order valence-corrected chi connectivity index (χ4v) is 11.7. The molecule has 5 saturated carbocycles. The van der Waals surface area contributed by atoms with Crippen LogP contribution < -0.4 is 0 Å². The number of carbonyl (C=O) groups is 2. The van der Waals surface area contributed by atoms with E-state index in [2.05, 4.69) is 48.1 Å². The molecule has 5 aliphatic carbocycles. The van der Waals surface area contributed by atoms with Crippen molar-refractivity contribution in [1.82, 2.24) is 5.06 Å². The molecule has 0 aliphatic heterocycles. The SMILES string of the molecule is C=C(C)[C@@H]1CC[C@]2(C(=O)N(C)OC)CC[C@]3(C)[C@H](CC[C@@H]4[C@@]5(C)CCC(=O)C(C)(C)[C@@H]5CC[C@]43C)[C@@H]12. The fourth-order valence-electron chi connectivity index (χ4n) is 11.7. The number of hydrogen-bond acceptors (Lipinski definition) is 3. The Kier molecular flexibility index (Phi) is 6.00. The first-order chi connectivity index (χ1) is 16.7. The molecule has 202 valence electrons. The van der Waals surface area contributed by atoms with Crippen LogP contribution in [0.25, 0.3) is 0 Å². The van der Waals surface area contributed by atoms with Gasteiger partial charge in [0.2, 0.25) is 0 Å². The highest BCUT2D eigenvalue weighted by Crippen LogP contribution is 2.77. The van der Waals surface area contributed by atoms with E-state index in [0.29, 0.717) is 35.4 Å². The maximum Gasteiger partial charge on any atom is 0.252 e. The van der Waals surface area contributed by atoms with Crippen molar-refractivity contribution in [3.05, 3.63) is 12.2 Å². The van der Waals surface area contributed by atoms with Crippen molar-refractivity contribution in [1.29, 1.82) is 0 Å². The van der Waals surface area contributed by atoms with Crippen molar-refractivity contribution < 1.29 is 14.4 Å². The average molecular weight is 498 g/mol. The fraction of sp³-hybridized carbons (Fsp3) is 0.875. The molecule has 36 heavy (non-hydrogen) atoms. The van der Waals surface area contributed by atoms with Gasteiger partial charge in [-0.2, -0.15) is 0 Å². The summed E-state index contributed by atoms with van der Waals surface area (Å²) >= 11 is 0. The molecule has 0 heterocycles. The molecule has 0 aromatic carbocycles. The Hall–Kier alpha value is -1.16. The molecule has 0 aromatic rings. The molecule has 0 N–H and O–H groups in total. The van der Waals surface area contributed by atoms with Crippen LogP contribution in [0, 0.1) is 56.7 Å². The second kappa shape index (κ2) is 8.17. The third-order valence-electron chi connectivity index (χ3n) is 13.8. The third kappa shape index (κ3) is 3.09. The van der Waals surface area contributed by atoms with Crippen LogP contribution in [0.15, 0.2) is 12.2 Å². The highest BCUT2D eigenvalue weighted by atomic mass is 16.7. The summed E-state index contributed by atoms with van der Waals surface area (Å²) in [6.07, 6.45) is 10.7. The highest BCUT2D eigenvalue weighted by molar-refractivity contribution is 5.85.